The Bertz CT molecular complexity index is 877. The largest absolute Gasteiger partial charge is 0.343 e. The van der Waals surface area contributed by atoms with Gasteiger partial charge in [-0.05, 0) is 25.1 Å². The van der Waals surface area contributed by atoms with Gasteiger partial charge in [0.15, 0.2) is 0 Å². The number of nitriles is 1. The first-order valence-electron chi connectivity index (χ1n) is 7.96. The van der Waals surface area contributed by atoms with E-state index >= 15 is 0 Å². The Labute approximate surface area is 144 Å². The van der Waals surface area contributed by atoms with Crippen LogP contribution in [0, 0.1) is 18.3 Å². The number of hydrogen-bond acceptors (Lipinski definition) is 4. The lowest BCUT2D eigenvalue weighted by Crippen LogP contribution is -2.42. The summed E-state index contributed by atoms with van der Waals surface area (Å²) in [6, 6.07) is 8.33. The molecule has 0 saturated carbocycles. The van der Waals surface area contributed by atoms with Crippen LogP contribution in [0.2, 0.25) is 0 Å². The second-order valence-electron chi connectivity index (χ2n) is 6.09. The van der Waals surface area contributed by atoms with E-state index in [-0.39, 0.29) is 19.5 Å². The Balaban J connectivity index is 1.72. The summed E-state index contributed by atoms with van der Waals surface area (Å²) in [6.45, 7) is 1.53. The first-order valence-corrected chi connectivity index (χ1v) is 7.96. The normalized spacial score (nSPS) is 19.6. The van der Waals surface area contributed by atoms with Crippen LogP contribution in [0.1, 0.15) is 22.3 Å². The average molecular weight is 340 g/mol. The molecule has 1 aromatic heterocycles. The van der Waals surface area contributed by atoms with E-state index in [2.05, 4.69) is 10.3 Å². The third-order valence-corrected chi connectivity index (χ3v) is 4.26. The number of nitrogens with zero attached hydrogens (tertiary/aromatic N) is 3. The molecule has 128 valence electrons. The first-order chi connectivity index (χ1) is 12.0. The van der Waals surface area contributed by atoms with Gasteiger partial charge in [0.05, 0.1) is 30.2 Å². The molecule has 2 amide bonds. The second-order valence-corrected chi connectivity index (χ2v) is 6.09. The molecule has 1 unspecified atom stereocenters. The zero-order valence-corrected chi connectivity index (χ0v) is 13.7. The number of carbonyl (C=O) groups is 2. The molecule has 1 aliphatic heterocycles. The fourth-order valence-electron chi connectivity index (χ4n) is 2.99. The molecule has 1 aromatic carbocycles. The quantitative estimate of drug-likeness (QED) is 0.922. The van der Waals surface area contributed by atoms with Crippen molar-refractivity contribution >= 4 is 22.7 Å². The Morgan fingerprint density at radius 3 is 3.00 bits per heavy atom. The third-order valence-electron chi connectivity index (χ3n) is 4.26. The van der Waals surface area contributed by atoms with Crippen molar-refractivity contribution in [2.24, 2.45) is 0 Å². The number of aromatic nitrogens is 1. The molecule has 0 radical (unpaired) electrons. The summed E-state index contributed by atoms with van der Waals surface area (Å²) in [5.74, 6) is -0.870. The van der Waals surface area contributed by atoms with Gasteiger partial charge in [-0.15, -0.1) is 0 Å². The molecule has 1 saturated heterocycles. The highest BCUT2D eigenvalue weighted by atomic mass is 19.1. The summed E-state index contributed by atoms with van der Waals surface area (Å²) >= 11 is 0. The van der Waals surface area contributed by atoms with Gasteiger partial charge in [0, 0.05) is 18.0 Å². The van der Waals surface area contributed by atoms with E-state index in [0.29, 0.717) is 16.5 Å². The summed E-state index contributed by atoms with van der Waals surface area (Å²) < 4.78 is 13.4. The third kappa shape index (κ3) is 3.43. The van der Waals surface area contributed by atoms with Crippen molar-refractivity contribution in [1.82, 2.24) is 15.2 Å². The van der Waals surface area contributed by atoms with Crippen molar-refractivity contribution in [3.63, 3.8) is 0 Å². The Morgan fingerprint density at radius 2 is 2.24 bits per heavy atom. The van der Waals surface area contributed by atoms with Crippen LogP contribution in [0.5, 0.6) is 0 Å². The van der Waals surface area contributed by atoms with Gasteiger partial charge in [-0.1, -0.05) is 11.6 Å². The summed E-state index contributed by atoms with van der Waals surface area (Å²) in [5, 5.41) is 12.3. The lowest BCUT2D eigenvalue weighted by atomic mass is 10.1. The molecule has 25 heavy (non-hydrogen) atoms. The highest BCUT2D eigenvalue weighted by molar-refractivity contribution is 6.07. The van der Waals surface area contributed by atoms with Crippen molar-refractivity contribution in [1.29, 1.82) is 5.26 Å². The van der Waals surface area contributed by atoms with E-state index < -0.39 is 24.0 Å². The summed E-state index contributed by atoms with van der Waals surface area (Å²) in [4.78, 5) is 30.1. The molecule has 1 N–H and O–H groups in total. The van der Waals surface area contributed by atoms with Crippen molar-refractivity contribution < 1.29 is 14.0 Å². The number of fused-ring (bicyclic) bond motifs is 1. The Hall–Kier alpha value is -3.01. The molecular weight excluding hydrogens is 323 g/mol. The average Bonchev–Trinajstić information content (AvgIpc) is 2.99. The number of rotatable bonds is 3. The van der Waals surface area contributed by atoms with Gasteiger partial charge in [0.1, 0.15) is 12.2 Å². The number of amides is 2. The van der Waals surface area contributed by atoms with Crippen LogP contribution in [0.25, 0.3) is 10.9 Å². The maximum atomic E-state index is 13.4. The highest BCUT2D eigenvalue weighted by Gasteiger charge is 2.35. The monoisotopic (exact) mass is 340 g/mol. The van der Waals surface area contributed by atoms with E-state index in [0.717, 1.165) is 5.56 Å². The number of alkyl halides is 1. The molecular formula is C18H17FN4O2. The van der Waals surface area contributed by atoms with Gasteiger partial charge >= 0.3 is 0 Å². The zero-order valence-electron chi connectivity index (χ0n) is 13.7. The summed E-state index contributed by atoms with van der Waals surface area (Å²) in [5.41, 5.74) is 2.10. The molecule has 2 aromatic rings. The van der Waals surface area contributed by atoms with E-state index in [4.69, 9.17) is 5.26 Å². The summed E-state index contributed by atoms with van der Waals surface area (Å²) in [7, 11) is 0. The Morgan fingerprint density at radius 1 is 1.44 bits per heavy atom. The first kappa shape index (κ1) is 16.8. The molecule has 2 heterocycles. The highest BCUT2D eigenvalue weighted by Crippen LogP contribution is 2.20. The number of benzene rings is 1. The van der Waals surface area contributed by atoms with Gasteiger partial charge in [0.2, 0.25) is 5.91 Å². The minimum atomic E-state index is -1.20. The maximum absolute atomic E-state index is 13.4. The van der Waals surface area contributed by atoms with Crippen LogP contribution >= 0.6 is 0 Å². The van der Waals surface area contributed by atoms with Gasteiger partial charge in [-0.3, -0.25) is 14.6 Å². The van der Waals surface area contributed by atoms with Gasteiger partial charge in [-0.2, -0.15) is 5.26 Å². The molecule has 0 bridgehead atoms. The lowest BCUT2D eigenvalue weighted by Gasteiger charge is -2.19. The van der Waals surface area contributed by atoms with E-state index in [9.17, 15) is 14.0 Å². The SMILES string of the molecule is Cc1ccc2nccc(C(=O)NCC(=O)N3CC(F)C[C@H]3C#N)c2c1. The van der Waals surface area contributed by atoms with Gasteiger partial charge < -0.3 is 10.2 Å². The number of nitrogens with one attached hydrogen (secondary N) is 1. The predicted octanol–water partition coefficient (Wildman–Crippen LogP) is 1.74. The van der Waals surface area contributed by atoms with Crippen LogP contribution in [-0.4, -0.2) is 47.0 Å². The smallest absolute Gasteiger partial charge is 0.252 e. The van der Waals surface area contributed by atoms with Crippen LogP contribution in [0.4, 0.5) is 4.39 Å². The minimum Gasteiger partial charge on any atom is -0.343 e. The molecule has 0 spiro atoms. The summed E-state index contributed by atoms with van der Waals surface area (Å²) in [6.07, 6.45) is 0.357. The van der Waals surface area contributed by atoms with Crippen LogP contribution in [0.15, 0.2) is 30.5 Å². The number of carbonyl (C=O) groups excluding carboxylic acids is 2. The zero-order chi connectivity index (χ0) is 18.0. The van der Waals surface area contributed by atoms with Crippen molar-refractivity contribution in [3.8, 4) is 6.07 Å². The van der Waals surface area contributed by atoms with Crippen LogP contribution < -0.4 is 5.32 Å². The maximum Gasteiger partial charge on any atom is 0.252 e. The van der Waals surface area contributed by atoms with Crippen LogP contribution in [0.3, 0.4) is 0 Å². The molecule has 1 fully saturated rings. The fourth-order valence-corrected chi connectivity index (χ4v) is 2.99. The van der Waals surface area contributed by atoms with Crippen molar-refractivity contribution in [2.45, 2.75) is 25.6 Å². The number of aryl methyl sites for hydroxylation is 1. The predicted molar refractivity (Wildman–Crippen MR) is 89.4 cm³/mol. The number of likely N-dealkylation sites (tertiary alicyclic amines) is 1. The van der Waals surface area contributed by atoms with E-state index in [1.54, 1.807) is 6.07 Å². The van der Waals surface area contributed by atoms with Crippen molar-refractivity contribution in [3.05, 3.63) is 41.6 Å². The molecule has 0 aliphatic carbocycles. The molecule has 6 nitrogen and oxygen atoms in total. The van der Waals surface area contributed by atoms with Crippen molar-refractivity contribution in [2.75, 3.05) is 13.1 Å². The Kier molecular flexibility index (Phi) is 4.61. The minimum absolute atomic E-state index is 0.0183. The lowest BCUT2D eigenvalue weighted by molar-refractivity contribution is -0.130. The van der Waals surface area contributed by atoms with E-state index in [1.807, 2.05) is 31.2 Å². The molecule has 1 aliphatic rings. The standard InChI is InChI=1S/C18H17FN4O2/c1-11-2-3-16-15(6-11)14(4-5-21-16)18(25)22-9-17(24)23-10-12(19)7-13(23)8-20/h2-6,12-13H,7,9-10H2,1H3,(H,22,25)/t12?,13-/m0/s1. The number of hydrogen-bond donors (Lipinski definition) is 1. The fraction of sp³-hybridized carbons (Fsp3) is 0.333. The van der Waals surface area contributed by atoms with Crippen LogP contribution in [-0.2, 0) is 4.79 Å². The number of halogens is 1. The van der Waals surface area contributed by atoms with E-state index in [1.165, 1.54) is 11.1 Å². The topological polar surface area (TPSA) is 86.1 Å². The molecule has 2 atom stereocenters. The second kappa shape index (κ2) is 6.85. The number of pyridine rings is 1. The van der Waals surface area contributed by atoms with Gasteiger partial charge in [-0.25, -0.2) is 4.39 Å². The molecule has 3 rings (SSSR count). The van der Waals surface area contributed by atoms with Gasteiger partial charge in [0.25, 0.3) is 5.91 Å². The molecule has 7 heteroatoms.